The quantitative estimate of drug-likeness (QED) is 0.425. The molecule has 1 heterocycles. The van der Waals surface area contributed by atoms with E-state index in [1.165, 1.54) is 19.0 Å². The highest BCUT2D eigenvalue weighted by Crippen LogP contribution is 2.48. The van der Waals surface area contributed by atoms with Crippen LogP contribution >= 0.6 is 7.92 Å². The Labute approximate surface area is 65.5 Å². The maximum absolute atomic E-state index is 2.47. The fourth-order valence-corrected chi connectivity index (χ4v) is 4.02. The van der Waals surface area contributed by atoms with Crippen LogP contribution in [0.1, 0.15) is 26.7 Å². The zero-order valence-electron chi connectivity index (χ0n) is 7.22. The lowest BCUT2D eigenvalue weighted by Crippen LogP contribution is -2.01. The molecule has 10 heavy (non-hydrogen) atoms. The standard InChI is InChI=1S/C9H17P/c1-4-8-6-7-10(3)9(8)5-2/h6,9H,4-5,7H2,1-3H3. The van der Waals surface area contributed by atoms with Crippen molar-refractivity contribution in [3.8, 4) is 0 Å². The van der Waals surface area contributed by atoms with Crippen LogP contribution < -0.4 is 0 Å². The Morgan fingerprint density at radius 1 is 1.60 bits per heavy atom. The molecule has 0 aromatic carbocycles. The van der Waals surface area contributed by atoms with Gasteiger partial charge in [0.05, 0.1) is 0 Å². The Morgan fingerprint density at radius 3 is 2.70 bits per heavy atom. The number of rotatable bonds is 2. The van der Waals surface area contributed by atoms with Crippen molar-refractivity contribution in [3.63, 3.8) is 0 Å². The van der Waals surface area contributed by atoms with Crippen LogP contribution in [0.15, 0.2) is 11.6 Å². The zero-order valence-corrected chi connectivity index (χ0v) is 8.12. The summed E-state index contributed by atoms with van der Waals surface area (Å²) in [6.45, 7) is 7.03. The first kappa shape index (κ1) is 8.27. The van der Waals surface area contributed by atoms with Gasteiger partial charge >= 0.3 is 0 Å². The van der Waals surface area contributed by atoms with Crippen molar-refractivity contribution < 1.29 is 0 Å². The molecule has 2 unspecified atom stereocenters. The van der Waals surface area contributed by atoms with Gasteiger partial charge in [-0.05, 0) is 31.3 Å². The second-order valence-corrected chi connectivity index (χ2v) is 5.50. The SMILES string of the molecule is CCC1=CCP(C)C1CC. The largest absolute Gasteiger partial charge is 0.0987 e. The minimum Gasteiger partial charge on any atom is -0.0987 e. The second-order valence-electron chi connectivity index (χ2n) is 3.00. The van der Waals surface area contributed by atoms with Gasteiger partial charge in [-0.15, -0.1) is 0 Å². The van der Waals surface area contributed by atoms with Crippen molar-refractivity contribution in [2.45, 2.75) is 32.3 Å². The van der Waals surface area contributed by atoms with Crippen LogP contribution in [0.5, 0.6) is 0 Å². The number of hydrogen-bond donors (Lipinski definition) is 0. The lowest BCUT2D eigenvalue weighted by Gasteiger charge is -2.16. The van der Waals surface area contributed by atoms with Crippen LogP contribution in [0.25, 0.3) is 0 Å². The molecule has 58 valence electrons. The molecule has 0 aromatic heterocycles. The lowest BCUT2D eigenvalue weighted by atomic mass is 10.1. The van der Waals surface area contributed by atoms with Gasteiger partial charge in [0.15, 0.2) is 0 Å². The van der Waals surface area contributed by atoms with E-state index in [0.717, 1.165) is 5.66 Å². The molecule has 1 heteroatoms. The summed E-state index contributed by atoms with van der Waals surface area (Å²) in [4.78, 5) is 0. The molecule has 0 nitrogen and oxygen atoms in total. The van der Waals surface area contributed by atoms with Crippen molar-refractivity contribution in [1.82, 2.24) is 0 Å². The minimum atomic E-state index is 0.334. The van der Waals surface area contributed by atoms with E-state index >= 15 is 0 Å². The summed E-state index contributed by atoms with van der Waals surface area (Å²) in [5, 5.41) is 0. The summed E-state index contributed by atoms with van der Waals surface area (Å²) in [6.07, 6.45) is 6.50. The summed E-state index contributed by atoms with van der Waals surface area (Å²) < 4.78 is 0. The summed E-state index contributed by atoms with van der Waals surface area (Å²) in [6, 6.07) is 0. The number of hydrogen-bond acceptors (Lipinski definition) is 0. The van der Waals surface area contributed by atoms with Crippen LogP contribution in [-0.4, -0.2) is 18.5 Å². The molecular formula is C9H17P. The summed E-state index contributed by atoms with van der Waals surface area (Å²) in [5.74, 6) is 0. The molecule has 0 N–H and O–H groups in total. The molecule has 2 atom stereocenters. The molecule has 0 radical (unpaired) electrons. The highest BCUT2D eigenvalue weighted by Gasteiger charge is 2.22. The van der Waals surface area contributed by atoms with Gasteiger partial charge in [-0.3, -0.25) is 0 Å². The fraction of sp³-hybridized carbons (Fsp3) is 0.778. The Hall–Kier alpha value is 0.170. The molecule has 0 amide bonds. The van der Waals surface area contributed by atoms with Crippen LogP contribution in [0.2, 0.25) is 0 Å². The molecule has 0 saturated heterocycles. The molecule has 0 aliphatic carbocycles. The van der Waals surface area contributed by atoms with E-state index in [4.69, 9.17) is 0 Å². The topological polar surface area (TPSA) is 0 Å². The highest BCUT2D eigenvalue weighted by atomic mass is 31.1. The number of allylic oxidation sites excluding steroid dienone is 2. The normalized spacial score (nSPS) is 32.5. The minimum absolute atomic E-state index is 0.334. The van der Waals surface area contributed by atoms with Gasteiger partial charge in [-0.25, -0.2) is 0 Å². The first-order valence-corrected chi connectivity index (χ1v) is 6.23. The molecule has 0 bridgehead atoms. The van der Waals surface area contributed by atoms with Gasteiger partial charge in [-0.1, -0.05) is 33.4 Å². The smallest absolute Gasteiger partial charge is 0.000172 e. The molecule has 0 spiro atoms. The lowest BCUT2D eigenvalue weighted by molar-refractivity contribution is 0.877. The third-order valence-electron chi connectivity index (χ3n) is 2.40. The average Bonchev–Trinajstić information content (AvgIpc) is 2.30. The molecule has 1 aliphatic rings. The Kier molecular flexibility index (Phi) is 2.92. The van der Waals surface area contributed by atoms with Gasteiger partial charge < -0.3 is 0 Å². The first-order chi connectivity index (χ1) is 4.79. The fourth-order valence-electron chi connectivity index (χ4n) is 1.76. The van der Waals surface area contributed by atoms with Crippen molar-refractivity contribution in [1.29, 1.82) is 0 Å². The molecule has 0 fully saturated rings. The maximum Gasteiger partial charge on any atom is -0.000172 e. The van der Waals surface area contributed by atoms with E-state index in [0.29, 0.717) is 7.92 Å². The van der Waals surface area contributed by atoms with Crippen molar-refractivity contribution in [2.24, 2.45) is 0 Å². The van der Waals surface area contributed by atoms with E-state index in [9.17, 15) is 0 Å². The second kappa shape index (κ2) is 3.53. The summed E-state index contributed by atoms with van der Waals surface area (Å²) in [5.41, 5.74) is 2.70. The van der Waals surface area contributed by atoms with Gasteiger partial charge in [0, 0.05) is 0 Å². The predicted molar refractivity (Wildman–Crippen MR) is 50.2 cm³/mol. The highest BCUT2D eigenvalue weighted by molar-refractivity contribution is 7.58. The Bertz CT molecular complexity index is 138. The molecular weight excluding hydrogens is 139 g/mol. The Morgan fingerprint density at radius 2 is 2.30 bits per heavy atom. The summed E-state index contributed by atoms with van der Waals surface area (Å²) in [7, 11) is 0.334. The molecule has 0 saturated carbocycles. The van der Waals surface area contributed by atoms with Gasteiger partial charge in [0.2, 0.25) is 0 Å². The van der Waals surface area contributed by atoms with Gasteiger partial charge in [0.25, 0.3) is 0 Å². The average molecular weight is 156 g/mol. The molecule has 1 aliphatic heterocycles. The Balaban J connectivity index is 2.57. The van der Waals surface area contributed by atoms with Crippen molar-refractivity contribution >= 4 is 7.92 Å². The van der Waals surface area contributed by atoms with Gasteiger partial charge in [0.1, 0.15) is 0 Å². The van der Waals surface area contributed by atoms with Crippen LogP contribution in [0.3, 0.4) is 0 Å². The van der Waals surface area contributed by atoms with E-state index in [-0.39, 0.29) is 0 Å². The van der Waals surface area contributed by atoms with E-state index in [2.05, 4.69) is 26.6 Å². The van der Waals surface area contributed by atoms with Crippen LogP contribution in [-0.2, 0) is 0 Å². The van der Waals surface area contributed by atoms with Crippen molar-refractivity contribution in [2.75, 3.05) is 12.8 Å². The molecule has 1 rings (SSSR count). The molecule has 0 aromatic rings. The first-order valence-electron chi connectivity index (χ1n) is 4.18. The van der Waals surface area contributed by atoms with E-state index in [1.807, 2.05) is 0 Å². The summed E-state index contributed by atoms with van der Waals surface area (Å²) >= 11 is 0. The predicted octanol–water partition coefficient (Wildman–Crippen LogP) is 3.23. The van der Waals surface area contributed by atoms with E-state index in [1.54, 1.807) is 5.57 Å². The van der Waals surface area contributed by atoms with E-state index < -0.39 is 0 Å². The van der Waals surface area contributed by atoms with Crippen LogP contribution in [0.4, 0.5) is 0 Å². The van der Waals surface area contributed by atoms with Crippen LogP contribution in [0, 0.1) is 0 Å². The van der Waals surface area contributed by atoms with Crippen molar-refractivity contribution in [3.05, 3.63) is 11.6 Å². The van der Waals surface area contributed by atoms with Gasteiger partial charge in [-0.2, -0.15) is 0 Å². The third-order valence-corrected chi connectivity index (χ3v) is 4.92. The zero-order chi connectivity index (χ0) is 7.56. The monoisotopic (exact) mass is 156 g/mol. The third kappa shape index (κ3) is 1.42. The maximum atomic E-state index is 2.47.